The maximum absolute atomic E-state index is 14.0. The van der Waals surface area contributed by atoms with Crippen molar-refractivity contribution >= 4 is 11.8 Å². The molecule has 35 heavy (non-hydrogen) atoms. The van der Waals surface area contributed by atoms with E-state index in [4.69, 9.17) is 4.74 Å². The van der Waals surface area contributed by atoms with Crippen LogP contribution in [0, 0.1) is 11.7 Å². The summed E-state index contributed by atoms with van der Waals surface area (Å²) in [5.74, 6) is -1.32. The Hall–Kier alpha value is -3.34. The fourth-order valence-electron chi connectivity index (χ4n) is 4.17. The molecule has 188 valence electrons. The molecule has 0 radical (unpaired) electrons. The second-order valence-corrected chi connectivity index (χ2v) is 8.66. The Kier molecular flexibility index (Phi) is 7.15. The number of halogens is 4. The molecule has 2 unspecified atom stereocenters. The third-order valence-electron chi connectivity index (χ3n) is 5.96. The Labute approximate surface area is 199 Å². The van der Waals surface area contributed by atoms with Gasteiger partial charge in [-0.1, -0.05) is 18.2 Å². The van der Waals surface area contributed by atoms with Crippen molar-refractivity contribution < 1.29 is 36.6 Å². The first-order valence-electron chi connectivity index (χ1n) is 11.1. The van der Waals surface area contributed by atoms with E-state index in [1.165, 1.54) is 43.5 Å². The second kappa shape index (κ2) is 10.1. The van der Waals surface area contributed by atoms with Gasteiger partial charge in [-0.2, -0.15) is 0 Å². The fourth-order valence-corrected chi connectivity index (χ4v) is 4.17. The van der Waals surface area contributed by atoms with Crippen molar-refractivity contribution in [1.82, 2.24) is 16.0 Å². The smallest absolute Gasteiger partial charge is 0.494 e. The summed E-state index contributed by atoms with van der Waals surface area (Å²) in [4.78, 5) is 25.3. The summed E-state index contributed by atoms with van der Waals surface area (Å²) < 4.78 is 60.1. The molecular formula is C24H25F4N3O4. The Morgan fingerprint density at radius 2 is 1.89 bits per heavy atom. The lowest BCUT2D eigenvalue weighted by atomic mass is 10.00. The Bertz CT molecular complexity index is 1070. The fraction of sp³-hybridized carbons (Fsp3) is 0.417. The minimum atomic E-state index is -4.78. The third-order valence-corrected chi connectivity index (χ3v) is 5.96. The molecular weight excluding hydrogens is 470 g/mol. The molecule has 0 bridgehead atoms. The van der Waals surface area contributed by atoms with Crippen molar-refractivity contribution in [3.8, 4) is 11.5 Å². The van der Waals surface area contributed by atoms with E-state index in [0.717, 1.165) is 12.8 Å². The first-order valence-corrected chi connectivity index (χ1v) is 11.1. The molecule has 2 aliphatic rings. The number of alkyl halides is 3. The van der Waals surface area contributed by atoms with Crippen LogP contribution in [-0.4, -0.2) is 37.5 Å². The summed E-state index contributed by atoms with van der Waals surface area (Å²) in [5.41, 5.74) is 1.26. The maximum Gasteiger partial charge on any atom is 0.573 e. The van der Waals surface area contributed by atoms with Crippen LogP contribution in [0.1, 0.15) is 36.4 Å². The lowest BCUT2D eigenvalue weighted by molar-refractivity contribution is -0.274. The van der Waals surface area contributed by atoms with Crippen molar-refractivity contribution in [3.63, 3.8) is 0 Å². The van der Waals surface area contributed by atoms with Crippen LogP contribution in [0.15, 0.2) is 42.5 Å². The summed E-state index contributed by atoms with van der Waals surface area (Å²) in [6.07, 6.45) is -3.45. The summed E-state index contributed by atoms with van der Waals surface area (Å²) in [5, 5.41) is 8.78. The predicted molar refractivity (Wildman–Crippen MR) is 117 cm³/mol. The number of hydrogen-bond donors (Lipinski definition) is 3. The van der Waals surface area contributed by atoms with Crippen molar-refractivity contribution in [3.05, 3.63) is 59.4 Å². The van der Waals surface area contributed by atoms with E-state index in [9.17, 15) is 27.2 Å². The van der Waals surface area contributed by atoms with Gasteiger partial charge in [0.25, 0.3) is 0 Å². The van der Waals surface area contributed by atoms with Gasteiger partial charge in [0.05, 0.1) is 31.8 Å². The van der Waals surface area contributed by atoms with E-state index in [-0.39, 0.29) is 36.2 Å². The van der Waals surface area contributed by atoms with E-state index in [1.54, 1.807) is 6.07 Å². The third kappa shape index (κ3) is 6.62. The van der Waals surface area contributed by atoms with Crippen LogP contribution in [0.4, 0.5) is 17.6 Å². The molecule has 11 heteroatoms. The summed E-state index contributed by atoms with van der Waals surface area (Å²) >= 11 is 0. The lowest BCUT2D eigenvalue weighted by Gasteiger charge is -2.32. The zero-order valence-electron chi connectivity index (χ0n) is 18.8. The number of methoxy groups -OCH3 is 1. The SMILES string of the molecule is COc1ccc(CC2NC(=O)CC(C(=O)N[C@@H](c3ccc(OC(F)(F)F)cc3)C3CC3)N2)cc1F. The van der Waals surface area contributed by atoms with E-state index in [1.807, 2.05) is 0 Å². The largest absolute Gasteiger partial charge is 0.573 e. The van der Waals surface area contributed by atoms with Crippen LogP contribution in [0.5, 0.6) is 11.5 Å². The van der Waals surface area contributed by atoms with Crippen LogP contribution >= 0.6 is 0 Å². The molecule has 1 aliphatic heterocycles. The zero-order valence-corrected chi connectivity index (χ0v) is 18.8. The molecule has 2 aromatic rings. The van der Waals surface area contributed by atoms with Gasteiger partial charge >= 0.3 is 6.36 Å². The van der Waals surface area contributed by atoms with E-state index in [2.05, 4.69) is 20.7 Å². The van der Waals surface area contributed by atoms with Crippen LogP contribution in [0.2, 0.25) is 0 Å². The van der Waals surface area contributed by atoms with Gasteiger partial charge in [-0.05, 0) is 54.2 Å². The molecule has 2 amide bonds. The average molecular weight is 495 g/mol. The molecule has 1 aliphatic carbocycles. The minimum Gasteiger partial charge on any atom is -0.494 e. The standard InChI is InChI=1S/C24H25F4N3O4/c1-34-19-9-2-13(10-17(19)25)11-20-29-18(12-21(32)30-20)23(33)31-22(14-3-4-14)15-5-7-16(8-6-15)35-24(26,27)28/h2,5-10,14,18,20,22,29H,3-4,11-12H2,1H3,(H,30,32)(H,31,33)/t18?,20?,22-/m1/s1. The highest BCUT2D eigenvalue weighted by molar-refractivity contribution is 5.89. The summed E-state index contributed by atoms with van der Waals surface area (Å²) in [6.45, 7) is 0. The number of benzene rings is 2. The van der Waals surface area contributed by atoms with E-state index >= 15 is 0 Å². The zero-order chi connectivity index (χ0) is 25.2. The molecule has 1 heterocycles. The Morgan fingerprint density at radius 3 is 2.49 bits per heavy atom. The van der Waals surface area contributed by atoms with E-state index in [0.29, 0.717) is 11.1 Å². The van der Waals surface area contributed by atoms with Gasteiger partial charge in [0, 0.05) is 6.42 Å². The van der Waals surface area contributed by atoms with Crippen LogP contribution < -0.4 is 25.4 Å². The van der Waals surface area contributed by atoms with Crippen molar-refractivity contribution in [1.29, 1.82) is 0 Å². The number of amides is 2. The van der Waals surface area contributed by atoms with E-state index < -0.39 is 36.3 Å². The molecule has 3 N–H and O–H groups in total. The molecule has 3 atom stereocenters. The lowest BCUT2D eigenvalue weighted by Crippen LogP contribution is -2.61. The minimum absolute atomic E-state index is 0.0744. The number of rotatable bonds is 8. The van der Waals surface area contributed by atoms with Gasteiger partial charge in [0.15, 0.2) is 11.6 Å². The molecule has 7 nitrogen and oxygen atoms in total. The van der Waals surface area contributed by atoms with Crippen LogP contribution in [0.3, 0.4) is 0 Å². The number of ether oxygens (including phenoxy) is 2. The molecule has 4 rings (SSSR count). The Morgan fingerprint density at radius 1 is 1.17 bits per heavy atom. The second-order valence-electron chi connectivity index (χ2n) is 8.66. The van der Waals surface area contributed by atoms with Gasteiger partial charge in [0.2, 0.25) is 11.8 Å². The molecule has 2 aromatic carbocycles. The number of carbonyl (C=O) groups is 2. The van der Waals surface area contributed by atoms with Gasteiger partial charge in [-0.3, -0.25) is 14.9 Å². The van der Waals surface area contributed by atoms with Crippen LogP contribution in [-0.2, 0) is 16.0 Å². The number of nitrogens with one attached hydrogen (secondary N) is 3. The quantitative estimate of drug-likeness (QED) is 0.489. The normalized spacial score (nSPS) is 21.1. The highest BCUT2D eigenvalue weighted by atomic mass is 19.4. The average Bonchev–Trinajstić information content (AvgIpc) is 3.62. The summed E-state index contributed by atoms with van der Waals surface area (Å²) in [6, 6.07) is 8.67. The molecule has 0 aromatic heterocycles. The first-order chi connectivity index (χ1) is 16.6. The first kappa shape index (κ1) is 24.8. The maximum atomic E-state index is 14.0. The highest BCUT2D eigenvalue weighted by Gasteiger charge is 2.37. The molecule has 0 spiro atoms. The predicted octanol–water partition coefficient (Wildman–Crippen LogP) is 3.35. The molecule has 1 saturated carbocycles. The highest BCUT2D eigenvalue weighted by Crippen LogP contribution is 2.41. The van der Waals surface area contributed by atoms with Gasteiger partial charge < -0.3 is 20.1 Å². The van der Waals surface area contributed by atoms with Gasteiger partial charge in [-0.25, -0.2) is 4.39 Å². The van der Waals surface area contributed by atoms with Crippen molar-refractivity contribution in [2.75, 3.05) is 7.11 Å². The van der Waals surface area contributed by atoms with Crippen molar-refractivity contribution in [2.24, 2.45) is 5.92 Å². The molecule has 1 saturated heterocycles. The summed E-state index contributed by atoms with van der Waals surface area (Å²) in [7, 11) is 1.36. The van der Waals surface area contributed by atoms with Gasteiger partial charge in [-0.15, -0.1) is 13.2 Å². The number of hydrogen-bond acceptors (Lipinski definition) is 5. The molecule has 2 fully saturated rings. The Balaban J connectivity index is 1.41. The number of carbonyl (C=O) groups excluding carboxylic acids is 2. The van der Waals surface area contributed by atoms with Crippen molar-refractivity contribution in [2.45, 2.75) is 50.3 Å². The topological polar surface area (TPSA) is 88.7 Å². The van der Waals surface area contributed by atoms with Crippen LogP contribution in [0.25, 0.3) is 0 Å². The monoisotopic (exact) mass is 495 g/mol. The van der Waals surface area contributed by atoms with Gasteiger partial charge in [0.1, 0.15) is 5.75 Å².